The lowest BCUT2D eigenvalue weighted by atomic mass is 9.94. The van der Waals surface area contributed by atoms with E-state index in [0.717, 1.165) is 6.42 Å². The summed E-state index contributed by atoms with van der Waals surface area (Å²) >= 11 is 0. The largest absolute Gasteiger partial charge is 0.347 e. The Morgan fingerprint density at radius 2 is 1.62 bits per heavy atom. The number of carbonyl (C=O) groups is 2. The molecule has 0 spiro atoms. The maximum absolute atomic E-state index is 12.1. The van der Waals surface area contributed by atoms with Crippen LogP contribution in [0.15, 0.2) is 0 Å². The van der Waals surface area contributed by atoms with E-state index in [9.17, 15) is 9.59 Å². The summed E-state index contributed by atoms with van der Waals surface area (Å²) in [6, 6.07) is 0. The molecule has 0 saturated heterocycles. The van der Waals surface area contributed by atoms with E-state index in [-0.39, 0.29) is 18.4 Å². The van der Waals surface area contributed by atoms with Gasteiger partial charge in [-0.3, -0.25) is 9.59 Å². The highest BCUT2D eigenvalue weighted by Gasteiger charge is 2.28. The Labute approximate surface area is 98.6 Å². The molecule has 0 bridgehead atoms. The second kappa shape index (κ2) is 5.87. The number of likely N-dealkylation sites (N-methyl/N-ethyl adjacent to an activating group) is 1. The average molecular weight is 228 g/mol. The van der Waals surface area contributed by atoms with Crippen molar-refractivity contribution in [3.05, 3.63) is 0 Å². The number of hydrogen-bond acceptors (Lipinski definition) is 2. The fourth-order valence-electron chi connectivity index (χ4n) is 1.30. The van der Waals surface area contributed by atoms with E-state index in [4.69, 9.17) is 0 Å². The van der Waals surface area contributed by atoms with Crippen LogP contribution in [0.25, 0.3) is 0 Å². The van der Waals surface area contributed by atoms with Crippen molar-refractivity contribution < 1.29 is 9.59 Å². The Balaban J connectivity index is 4.62. The van der Waals surface area contributed by atoms with E-state index in [1.165, 1.54) is 4.90 Å². The van der Waals surface area contributed by atoms with Gasteiger partial charge in [0.25, 0.3) is 0 Å². The predicted octanol–water partition coefficient (Wildman–Crippen LogP) is 1.36. The highest BCUT2D eigenvalue weighted by atomic mass is 16.2. The first-order valence-corrected chi connectivity index (χ1v) is 5.69. The Hall–Kier alpha value is -1.06. The van der Waals surface area contributed by atoms with Crippen molar-refractivity contribution in [1.29, 1.82) is 0 Å². The Kier molecular flexibility index (Phi) is 5.48. The molecule has 0 aliphatic heterocycles. The number of carbonyl (C=O) groups excluding carboxylic acids is 2. The second-order valence-corrected chi connectivity index (χ2v) is 5.26. The molecule has 4 nitrogen and oxygen atoms in total. The third-order valence-corrected chi connectivity index (χ3v) is 2.25. The fraction of sp³-hybridized carbons (Fsp3) is 0.833. The van der Waals surface area contributed by atoms with Gasteiger partial charge in [0.15, 0.2) is 0 Å². The zero-order valence-corrected chi connectivity index (χ0v) is 11.3. The van der Waals surface area contributed by atoms with Crippen molar-refractivity contribution in [3.8, 4) is 0 Å². The van der Waals surface area contributed by atoms with Gasteiger partial charge in [-0.15, -0.1) is 0 Å². The molecule has 94 valence electrons. The smallest absolute Gasteiger partial charge is 0.241 e. The van der Waals surface area contributed by atoms with Gasteiger partial charge < -0.3 is 9.80 Å². The summed E-state index contributed by atoms with van der Waals surface area (Å²) in [6.07, 6.45) is 0.864. The van der Waals surface area contributed by atoms with Gasteiger partial charge in [-0.05, 0) is 6.42 Å². The highest BCUT2D eigenvalue weighted by Crippen LogP contribution is 2.17. The molecular formula is C12H24N2O2. The monoisotopic (exact) mass is 228 g/mol. The lowest BCUT2D eigenvalue weighted by Gasteiger charge is -2.29. The molecule has 0 radical (unpaired) electrons. The third kappa shape index (κ3) is 4.64. The summed E-state index contributed by atoms with van der Waals surface area (Å²) in [7, 11) is 3.40. The summed E-state index contributed by atoms with van der Waals surface area (Å²) in [5.74, 6) is -0.00407. The molecule has 0 aliphatic carbocycles. The summed E-state index contributed by atoms with van der Waals surface area (Å²) in [5, 5.41) is 0. The van der Waals surface area contributed by atoms with Gasteiger partial charge in [0.1, 0.15) is 0 Å². The lowest BCUT2D eigenvalue weighted by Crippen LogP contribution is -2.45. The molecule has 0 fully saturated rings. The Bertz CT molecular complexity index is 254. The van der Waals surface area contributed by atoms with Gasteiger partial charge in [-0.1, -0.05) is 27.7 Å². The Morgan fingerprint density at radius 1 is 1.12 bits per heavy atom. The van der Waals surface area contributed by atoms with Gasteiger partial charge in [0.05, 0.1) is 6.54 Å². The van der Waals surface area contributed by atoms with Crippen LogP contribution in [0.5, 0.6) is 0 Å². The quantitative estimate of drug-likeness (QED) is 0.729. The molecule has 0 heterocycles. The van der Waals surface area contributed by atoms with Crippen LogP contribution >= 0.6 is 0 Å². The molecule has 0 saturated carbocycles. The minimum Gasteiger partial charge on any atom is -0.347 e. The molecule has 0 aromatic rings. The minimum absolute atomic E-state index is 0.0320. The molecule has 0 rings (SSSR count). The first-order chi connectivity index (χ1) is 7.20. The zero-order chi connectivity index (χ0) is 12.9. The summed E-state index contributed by atoms with van der Waals surface area (Å²) in [6.45, 7) is 8.43. The summed E-state index contributed by atoms with van der Waals surface area (Å²) < 4.78 is 0. The number of nitrogens with zero attached hydrogens (tertiary/aromatic N) is 2. The van der Waals surface area contributed by atoms with Crippen LogP contribution < -0.4 is 0 Å². The van der Waals surface area contributed by atoms with Crippen LogP contribution in [0.2, 0.25) is 0 Å². The predicted molar refractivity (Wildman–Crippen MR) is 65.0 cm³/mol. The van der Waals surface area contributed by atoms with E-state index >= 15 is 0 Å². The lowest BCUT2D eigenvalue weighted by molar-refractivity contribution is -0.144. The highest BCUT2D eigenvalue weighted by molar-refractivity contribution is 5.87. The molecule has 0 unspecified atom stereocenters. The average Bonchev–Trinajstić information content (AvgIpc) is 2.14. The molecule has 16 heavy (non-hydrogen) atoms. The Morgan fingerprint density at radius 3 is 1.94 bits per heavy atom. The molecule has 4 heteroatoms. The van der Waals surface area contributed by atoms with Gasteiger partial charge >= 0.3 is 0 Å². The van der Waals surface area contributed by atoms with Crippen LogP contribution in [0.1, 0.15) is 34.1 Å². The summed E-state index contributed by atoms with van der Waals surface area (Å²) in [5.41, 5.74) is -0.429. The van der Waals surface area contributed by atoms with Gasteiger partial charge in [-0.25, -0.2) is 0 Å². The van der Waals surface area contributed by atoms with Crippen molar-refractivity contribution in [2.24, 2.45) is 5.41 Å². The molecule has 0 N–H and O–H groups in total. The number of rotatable bonds is 4. The first kappa shape index (κ1) is 14.9. The third-order valence-electron chi connectivity index (χ3n) is 2.25. The molecule has 0 aliphatic rings. The molecule has 0 aromatic heterocycles. The summed E-state index contributed by atoms with van der Waals surface area (Å²) in [4.78, 5) is 26.8. The van der Waals surface area contributed by atoms with E-state index in [2.05, 4.69) is 0 Å². The van der Waals surface area contributed by atoms with Crippen LogP contribution in [0, 0.1) is 5.41 Å². The van der Waals surface area contributed by atoms with Crippen molar-refractivity contribution in [2.45, 2.75) is 34.1 Å². The van der Waals surface area contributed by atoms with Crippen molar-refractivity contribution >= 4 is 11.8 Å². The standard InChI is InChI=1S/C12H24N2O2/c1-7-8-14(9-10(15)13(5)6)11(16)12(2,3)4/h7-9H2,1-6H3. The molecule has 2 amide bonds. The minimum atomic E-state index is -0.429. The van der Waals surface area contributed by atoms with Crippen LogP contribution in [0.4, 0.5) is 0 Å². The number of amides is 2. The molecule has 0 atom stereocenters. The van der Waals surface area contributed by atoms with E-state index in [0.29, 0.717) is 6.54 Å². The normalized spacial score (nSPS) is 11.1. The topological polar surface area (TPSA) is 40.6 Å². The van der Waals surface area contributed by atoms with E-state index < -0.39 is 5.41 Å². The fourth-order valence-corrected chi connectivity index (χ4v) is 1.30. The van der Waals surface area contributed by atoms with Crippen LogP contribution in [0.3, 0.4) is 0 Å². The number of hydrogen-bond donors (Lipinski definition) is 0. The van der Waals surface area contributed by atoms with Crippen molar-refractivity contribution in [3.63, 3.8) is 0 Å². The zero-order valence-electron chi connectivity index (χ0n) is 11.3. The molecular weight excluding hydrogens is 204 g/mol. The van der Waals surface area contributed by atoms with Gasteiger partial charge in [0.2, 0.25) is 11.8 Å². The maximum atomic E-state index is 12.1. The van der Waals surface area contributed by atoms with Crippen LogP contribution in [-0.2, 0) is 9.59 Å². The van der Waals surface area contributed by atoms with Crippen molar-refractivity contribution in [1.82, 2.24) is 9.80 Å². The van der Waals surface area contributed by atoms with Gasteiger partial charge in [0, 0.05) is 26.1 Å². The molecule has 0 aromatic carbocycles. The second-order valence-electron chi connectivity index (χ2n) is 5.26. The van der Waals surface area contributed by atoms with E-state index in [1.807, 2.05) is 27.7 Å². The van der Waals surface area contributed by atoms with Crippen LogP contribution in [-0.4, -0.2) is 48.8 Å². The first-order valence-electron chi connectivity index (χ1n) is 5.69. The van der Waals surface area contributed by atoms with Gasteiger partial charge in [-0.2, -0.15) is 0 Å². The van der Waals surface area contributed by atoms with Crippen molar-refractivity contribution in [2.75, 3.05) is 27.2 Å². The SMILES string of the molecule is CCCN(CC(=O)N(C)C)C(=O)C(C)(C)C. The maximum Gasteiger partial charge on any atom is 0.241 e. The van der Waals surface area contributed by atoms with E-state index in [1.54, 1.807) is 19.0 Å².